The van der Waals surface area contributed by atoms with Crippen molar-refractivity contribution in [3.8, 4) is 0 Å². The van der Waals surface area contributed by atoms with Crippen LogP contribution in [0.15, 0.2) is 18.2 Å². The molecule has 0 spiro atoms. The summed E-state index contributed by atoms with van der Waals surface area (Å²) in [6.07, 6.45) is 2.17. The molecule has 1 saturated carbocycles. The molecule has 0 amide bonds. The molecule has 1 heterocycles. The molecule has 6 nitrogen and oxygen atoms in total. The summed E-state index contributed by atoms with van der Waals surface area (Å²) in [4.78, 5) is 13.9. The van der Waals surface area contributed by atoms with Crippen molar-refractivity contribution in [1.82, 2.24) is 14.8 Å². The number of hydrogen-bond acceptors (Lipinski definition) is 5. The fourth-order valence-corrected chi connectivity index (χ4v) is 2.47. The number of rotatable bonds is 5. The third-order valence-electron chi connectivity index (χ3n) is 3.87. The minimum Gasteiger partial charge on any atom is -0.454 e. The number of halogens is 1. The van der Waals surface area contributed by atoms with E-state index in [1.807, 2.05) is 11.5 Å². The Hall–Kier alpha value is -2.44. The van der Waals surface area contributed by atoms with E-state index in [0.717, 1.165) is 18.7 Å². The standard InChI is InChI=1S/C16H19FN4O2/c1-10-18-19-15(21(10)11-4-5-11)9-23-16(22)13-7-6-12(20(2)3)8-14(13)17/h6-8,11H,4-5,9H2,1-3H3. The van der Waals surface area contributed by atoms with Crippen LogP contribution in [0.3, 0.4) is 0 Å². The number of ether oxygens (including phenoxy) is 1. The molecule has 1 fully saturated rings. The maximum absolute atomic E-state index is 14.0. The number of carbonyl (C=O) groups excluding carboxylic acids is 1. The van der Waals surface area contributed by atoms with Crippen LogP contribution in [-0.2, 0) is 11.3 Å². The van der Waals surface area contributed by atoms with Crippen molar-refractivity contribution in [2.24, 2.45) is 0 Å². The Kier molecular flexibility index (Phi) is 4.02. The van der Waals surface area contributed by atoms with Crippen molar-refractivity contribution < 1.29 is 13.9 Å². The molecular weight excluding hydrogens is 299 g/mol. The van der Waals surface area contributed by atoms with Gasteiger partial charge in [0.15, 0.2) is 12.4 Å². The lowest BCUT2D eigenvalue weighted by Gasteiger charge is -2.13. The summed E-state index contributed by atoms with van der Waals surface area (Å²) >= 11 is 0. The normalized spacial score (nSPS) is 13.9. The Bertz CT molecular complexity index is 738. The molecule has 1 aromatic heterocycles. The van der Waals surface area contributed by atoms with Gasteiger partial charge in [-0.05, 0) is 38.0 Å². The smallest absolute Gasteiger partial charge is 0.341 e. The van der Waals surface area contributed by atoms with Crippen LogP contribution in [0.2, 0.25) is 0 Å². The predicted molar refractivity (Wildman–Crippen MR) is 82.9 cm³/mol. The zero-order valence-corrected chi connectivity index (χ0v) is 13.4. The Morgan fingerprint density at radius 1 is 1.39 bits per heavy atom. The lowest BCUT2D eigenvalue weighted by molar-refractivity contribution is 0.0452. The predicted octanol–water partition coefficient (Wildman–Crippen LogP) is 2.48. The Labute approximate surface area is 133 Å². The monoisotopic (exact) mass is 318 g/mol. The van der Waals surface area contributed by atoms with E-state index in [-0.39, 0.29) is 12.2 Å². The average Bonchev–Trinajstić information content (AvgIpc) is 3.28. The number of carbonyl (C=O) groups is 1. The molecule has 122 valence electrons. The van der Waals surface area contributed by atoms with Crippen LogP contribution >= 0.6 is 0 Å². The van der Waals surface area contributed by atoms with Crippen LogP contribution in [0.25, 0.3) is 0 Å². The molecular formula is C16H19FN4O2. The fourth-order valence-electron chi connectivity index (χ4n) is 2.47. The minimum atomic E-state index is -0.698. The number of esters is 1. The molecule has 0 unspecified atom stereocenters. The first-order valence-corrected chi connectivity index (χ1v) is 7.51. The molecule has 0 radical (unpaired) electrons. The van der Waals surface area contributed by atoms with Gasteiger partial charge in [0, 0.05) is 25.8 Å². The van der Waals surface area contributed by atoms with Gasteiger partial charge in [-0.15, -0.1) is 10.2 Å². The van der Waals surface area contributed by atoms with Crippen molar-refractivity contribution in [2.45, 2.75) is 32.4 Å². The molecule has 7 heteroatoms. The lowest BCUT2D eigenvalue weighted by atomic mass is 10.2. The fraction of sp³-hybridized carbons (Fsp3) is 0.438. The van der Waals surface area contributed by atoms with Crippen LogP contribution in [0, 0.1) is 12.7 Å². The first-order valence-electron chi connectivity index (χ1n) is 7.51. The first-order chi connectivity index (χ1) is 11.0. The quantitative estimate of drug-likeness (QED) is 0.793. The number of nitrogens with zero attached hydrogens (tertiary/aromatic N) is 4. The van der Waals surface area contributed by atoms with Crippen molar-refractivity contribution in [3.63, 3.8) is 0 Å². The number of hydrogen-bond donors (Lipinski definition) is 0. The van der Waals surface area contributed by atoms with Gasteiger partial charge in [0.2, 0.25) is 0 Å². The van der Waals surface area contributed by atoms with Gasteiger partial charge in [0.1, 0.15) is 11.6 Å². The molecule has 1 aliphatic rings. The third-order valence-corrected chi connectivity index (χ3v) is 3.87. The summed E-state index contributed by atoms with van der Waals surface area (Å²) < 4.78 is 21.2. The highest BCUT2D eigenvalue weighted by Crippen LogP contribution is 2.36. The maximum atomic E-state index is 14.0. The zero-order chi connectivity index (χ0) is 16.6. The van der Waals surface area contributed by atoms with Gasteiger partial charge in [-0.3, -0.25) is 0 Å². The van der Waals surface area contributed by atoms with E-state index < -0.39 is 11.8 Å². The van der Waals surface area contributed by atoms with Gasteiger partial charge in [0.05, 0.1) is 5.56 Å². The molecule has 1 aromatic carbocycles. The van der Waals surface area contributed by atoms with Crippen LogP contribution in [-0.4, -0.2) is 34.8 Å². The van der Waals surface area contributed by atoms with Gasteiger partial charge in [-0.25, -0.2) is 9.18 Å². The molecule has 1 aliphatic carbocycles. The summed E-state index contributed by atoms with van der Waals surface area (Å²) in [5, 5.41) is 8.06. The van der Waals surface area contributed by atoms with E-state index in [9.17, 15) is 9.18 Å². The van der Waals surface area contributed by atoms with Gasteiger partial charge in [-0.2, -0.15) is 0 Å². The van der Waals surface area contributed by atoms with Gasteiger partial charge >= 0.3 is 5.97 Å². The highest BCUT2D eigenvalue weighted by atomic mass is 19.1. The van der Waals surface area contributed by atoms with Crippen molar-refractivity contribution in [2.75, 3.05) is 19.0 Å². The van der Waals surface area contributed by atoms with Crippen LogP contribution in [0.5, 0.6) is 0 Å². The Balaban J connectivity index is 1.70. The number of aromatic nitrogens is 3. The van der Waals surface area contributed by atoms with E-state index in [2.05, 4.69) is 10.2 Å². The van der Waals surface area contributed by atoms with E-state index >= 15 is 0 Å². The van der Waals surface area contributed by atoms with E-state index in [1.54, 1.807) is 25.1 Å². The molecule has 0 bridgehead atoms. The molecule has 0 aliphatic heterocycles. The maximum Gasteiger partial charge on any atom is 0.341 e. The van der Waals surface area contributed by atoms with Gasteiger partial charge in [0.25, 0.3) is 0 Å². The van der Waals surface area contributed by atoms with Crippen molar-refractivity contribution in [3.05, 3.63) is 41.2 Å². The van der Waals surface area contributed by atoms with Crippen molar-refractivity contribution in [1.29, 1.82) is 0 Å². The van der Waals surface area contributed by atoms with Crippen LogP contribution in [0.4, 0.5) is 10.1 Å². The number of benzene rings is 1. The molecule has 0 atom stereocenters. The summed E-state index contributed by atoms with van der Waals surface area (Å²) in [5.41, 5.74) is 0.605. The molecule has 0 N–H and O–H groups in total. The second kappa shape index (κ2) is 5.98. The van der Waals surface area contributed by atoms with E-state index in [4.69, 9.17) is 4.74 Å². The number of anilines is 1. The second-order valence-electron chi connectivity index (χ2n) is 5.90. The first kappa shape index (κ1) is 15.5. The lowest BCUT2D eigenvalue weighted by Crippen LogP contribution is -2.13. The van der Waals surface area contributed by atoms with Gasteiger partial charge in [-0.1, -0.05) is 0 Å². The number of aryl methyl sites for hydroxylation is 1. The topological polar surface area (TPSA) is 60.3 Å². The summed E-state index contributed by atoms with van der Waals surface area (Å²) in [7, 11) is 3.61. The Morgan fingerprint density at radius 3 is 2.74 bits per heavy atom. The van der Waals surface area contributed by atoms with Crippen molar-refractivity contribution >= 4 is 11.7 Å². The SMILES string of the molecule is Cc1nnc(COC(=O)c2ccc(N(C)C)cc2F)n1C1CC1. The molecule has 23 heavy (non-hydrogen) atoms. The second-order valence-corrected chi connectivity index (χ2v) is 5.90. The molecule has 2 aromatic rings. The van der Waals surface area contributed by atoms with E-state index in [0.29, 0.717) is 17.6 Å². The van der Waals surface area contributed by atoms with Gasteiger partial charge < -0.3 is 14.2 Å². The highest BCUT2D eigenvalue weighted by molar-refractivity contribution is 5.90. The molecule has 0 saturated heterocycles. The zero-order valence-electron chi connectivity index (χ0n) is 13.4. The van der Waals surface area contributed by atoms with Crippen LogP contribution in [0.1, 0.15) is 40.9 Å². The Morgan fingerprint density at radius 2 is 2.13 bits per heavy atom. The largest absolute Gasteiger partial charge is 0.454 e. The average molecular weight is 318 g/mol. The summed E-state index contributed by atoms with van der Waals surface area (Å²) in [6.45, 7) is 1.86. The highest BCUT2D eigenvalue weighted by Gasteiger charge is 2.28. The van der Waals surface area contributed by atoms with E-state index in [1.165, 1.54) is 12.1 Å². The summed E-state index contributed by atoms with van der Waals surface area (Å²) in [5.74, 6) is 0.112. The minimum absolute atomic E-state index is 0.00888. The third kappa shape index (κ3) is 3.18. The molecule has 3 rings (SSSR count). The summed E-state index contributed by atoms with van der Waals surface area (Å²) in [6, 6.07) is 4.82. The van der Waals surface area contributed by atoms with Crippen LogP contribution < -0.4 is 4.90 Å².